The molecule has 0 bridgehead atoms. The smallest absolute Gasteiger partial charge is 0.184 e. The van der Waals surface area contributed by atoms with Gasteiger partial charge in [-0.05, 0) is 25.1 Å². The summed E-state index contributed by atoms with van der Waals surface area (Å²) >= 11 is 6.85. The van der Waals surface area contributed by atoms with E-state index in [0.717, 1.165) is 26.7 Å². The first kappa shape index (κ1) is 12.1. The Balaban J connectivity index is 1.78. The lowest BCUT2D eigenvalue weighted by molar-refractivity contribution is 1.16. The van der Waals surface area contributed by atoms with E-state index in [4.69, 9.17) is 0 Å². The Kier molecular flexibility index (Phi) is 3.32. The fourth-order valence-electron chi connectivity index (χ4n) is 1.62. The van der Waals surface area contributed by atoms with Crippen molar-refractivity contribution in [2.24, 2.45) is 0 Å². The lowest BCUT2D eigenvalue weighted by Crippen LogP contribution is -1.96. The fourth-order valence-corrected chi connectivity index (χ4v) is 3.77. The zero-order valence-corrected chi connectivity index (χ0v) is 12.8. The van der Waals surface area contributed by atoms with Gasteiger partial charge in [-0.3, -0.25) is 0 Å². The van der Waals surface area contributed by atoms with E-state index in [1.54, 1.807) is 22.7 Å². The minimum Gasteiger partial charge on any atom is -0.357 e. The summed E-state index contributed by atoms with van der Waals surface area (Å²) in [5, 5.41) is 5.40. The van der Waals surface area contributed by atoms with E-state index in [2.05, 4.69) is 37.3 Å². The molecular formula is C12H10BrN3S2. The van der Waals surface area contributed by atoms with Crippen LogP contribution in [0.1, 0.15) is 9.88 Å². The van der Waals surface area contributed by atoms with Crippen LogP contribution in [-0.2, 0) is 6.54 Å². The lowest BCUT2D eigenvalue weighted by atomic mass is 10.3. The first-order valence-corrected chi connectivity index (χ1v) is 7.84. The van der Waals surface area contributed by atoms with Gasteiger partial charge in [-0.1, -0.05) is 27.3 Å². The van der Waals surface area contributed by atoms with Gasteiger partial charge in [0.1, 0.15) is 0 Å². The van der Waals surface area contributed by atoms with Gasteiger partial charge in [-0.2, -0.15) is 0 Å². The van der Waals surface area contributed by atoms with Crippen molar-refractivity contribution in [3.63, 3.8) is 0 Å². The predicted molar refractivity (Wildman–Crippen MR) is 81.5 cm³/mol. The number of aromatic nitrogens is 2. The predicted octanol–water partition coefficient (Wildman–Crippen LogP) is 4.44. The number of fused-ring (bicyclic) bond motifs is 1. The van der Waals surface area contributed by atoms with Crippen molar-refractivity contribution in [2.45, 2.75) is 13.5 Å². The Morgan fingerprint density at radius 3 is 3.00 bits per heavy atom. The molecule has 0 fully saturated rings. The van der Waals surface area contributed by atoms with Crippen molar-refractivity contribution in [1.82, 2.24) is 9.97 Å². The average molecular weight is 340 g/mol. The van der Waals surface area contributed by atoms with E-state index in [-0.39, 0.29) is 0 Å². The van der Waals surface area contributed by atoms with Gasteiger partial charge in [0, 0.05) is 15.5 Å². The third-order valence-electron chi connectivity index (χ3n) is 2.43. The van der Waals surface area contributed by atoms with Crippen LogP contribution in [0.25, 0.3) is 10.2 Å². The molecule has 3 aromatic rings. The zero-order chi connectivity index (χ0) is 12.5. The molecule has 0 aliphatic heterocycles. The van der Waals surface area contributed by atoms with Crippen LogP contribution in [0.3, 0.4) is 0 Å². The topological polar surface area (TPSA) is 37.8 Å². The highest BCUT2D eigenvalue weighted by molar-refractivity contribution is 9.10. The van der Waals surface area contributed by atoms with Crippen LogP contribution in [0.5, 0.6) is 0 Å². The van der Waals surface area contributed by atoms with Crippen molar-refractivity contribution in [3.05, 3.63) is 38.8 Å². The molecule has 0 aliphatic rings. The zero-order valence-electron chi connectivity index (χ0n) is 9.61. The van der Waals surface area contributed by atoms with E-state index < -0.39 is 0 Å². The van der Waals surface area contributed by atoms with Crippen LogP contribution in [0, 0.1) is 6.92 Å². The van der Waals surface area contributed by atoms with E-state index in [1.807, 2.05) is 25.3 Å². The first-order valence-electron chi connectivity index (χ1n) is 5.42. The Morgan fingerprint density at radius 2 is 2.22 bits per heavy atom. The molecule has 0 spiro atoms. The second kappa shape index (κ2) is 4.95. The number of nitrogens with zero attached hydrogens (tertiary/aromatic N) is 2. The molecule has 1 N–H and O–H groups in total. The number of aryl methyl sites for hydroxylation is 1. The molecule has 0 saturated carbocycles. The number of hydrogen-bond donors (Lipinski definition) is 1. The number of halogens is 1. The molecule has 0 atom stereocenters. The molecule has 2 aromatic heterocycles. The Bertz CT molecular complexity index is 690. The molecule has 18 heavy (non-hydrogen) atoms. The molecule has 0 radical (unpaired) electrons. The lowest BCUT2D eigenvalue weighted by Gasteiger charge is -1.97. The van der Waals surface area contributed by atoms with Gasteiger partial charge in [-0.25, -0.2) is 9.97 Å². The summed E-state index contributed by atoms with van der Waals surface area (Å²) in [5.74, 6) is 0. The van der Waals surface area contributed by atoms with Gasteiger partial charge < -0.3 is 5.32 Å². The van der Waals surface area contributed by atoms with Gasteiger partial charge in [0.15, 0.2) is 5.13 Å². The van der Waals surface area contributed by atoms with Crippen LogP contribution in [0.2, 0.25) is 0 Å². The molecule has 0 saturated heterocycles. The van der Waals surface area contributed by atoms with Gasteiger partial charge in [0.25, 0.3) is 0 Å². The molecule has 0 amide bonds. The van der Waals surface area contributed by atoms with Crippen molar-refractivity contribution < 1.29 is 0 Å². The second-order valence-corrected chi connectivity index (χ2v) is 7.10. The molecule has 2 heterocycles. The average Bonchev–Trinajstić information content (AvgIpc) is 2.92. The third kappa shape index (κ3) is 2.55. The minimum absolute atomic E-state index is 0.784. The SMILES string of the molecule is Cc1ncc(CNc2nc3ccc(Br)cc3s2)s1. The third-order valence-corrected chi connectivity index (χ3v) is 4.82. The normalized spacial score (nSPS) is 11.0. The molecule has 6 heteroatoms. The van der Waals surface area contributed by atoms with Crippen LogP contribution >= 0.6 is 38.6 Å². The summed E-state index contributed by atoms with van der Waals surface area (Å²) in [5.41, 5.74) is 1.03. The maximum atomic E-state index is 4.55. The summed E-state index contributed by atoms with van der Waals surface area (Å²) in [6.45, 7) is 2.80. The maximum Gasteiger partial charge on any atom is 0.184 e. The van der Waals surface area contributed by atoms with E-state index in [1.165, 1.54) is 9.58 Å². The molecule has 0 aliphatic carbocycles. The van der Waals surface area contributed by atoms with Gasteiger partial charge in [0.05, 0.1) is 21.8 Å². The Morgan fingerprint density at radius 1 is 1.33 bits per heavy atom. The van der Waals surface area contributed by atoms with Gasteiger partial charge in [-0.15, -0.1) is 11.3 Å². The molecule has 3 rings (SSSR count). The number of nitrogens with one attached hydrogen (secondary N) is 1. The van der Waals surface area contributed by atoms with Crippen LogP contribution in [0.4, 0.5) is 5.13 Å². The maximum absolute atomic E-state index is 4.55. The van der Waals surface area contributed by atoms with Crippen LogP contribution in [0.15, 0.2) is 28.9 Å². The number of hydrogen-bond acceptors (Lipinski definition) is 5. The summed E-state index contributed by atoms with van der Waals surface area (Å²) in [6, 6.07) is 6.13. The number of thiazole rings is 2. The quantitative estimate of drug-likeness (QED) is 0.766. The molecular weight excluding hydrogens is 330 g/mol. The van der Waals surface area contributed by atoms with Crippen molar-refractivity contribution in [2.75, 3.05) is 5.32 Å². The highest BCUT2D eigenvalue weighted by Crippen LogP contribution is 2.28. The highest BCUT2D eigenvalue weighted by atomic mass is 79.9. The molecule has 0 unspecified atom stereocenters. The fraction of sp³-hybridized carbons (Fsp3) is 0.167. The number of anilines is 1. The monoisotopic (exact) mass is 339 g/mol. The van der Waals surface area contributed by atoms with E-state index in [9.17, 15) is 0 Å². The van der Waals surface area contributed by atoms with Crippen LogP contribution in [-0.4, -0.2) is 9.97 Å². The largest absolute Gasteiger partial charge is 0.357 e. The second-order valence-electron chi connectivity index (χ2n) is 3.83. The molecule has 3 nitrogen and oxygen atoms in total. The van der Waals surface area contributed by atoms with E-state index in [0.29, 0.717) is 0 Å². The first-order chi connectivity index (χ1) is 8.70. The summed E-state index contributed by atoms with van der Waals surface area (Å²) in [6.07, 6.45) is 1.91. The Labute approximate surface area is 121 Å². The number of benzene rings is 1. The van der Waals surface area contributed by atoms with Gasteiger partial charge in [0.2, 0.25) is 0 Å². The van der Waals surface area contributed by atoms with Crippen molar-refractivity contribution in [1.29, 1.82) is 0 Å². The highest BCUT2D eigenvalue weighted by Gasteiger charge is 2.04. The molecule has 92 valence electrons. The van der Waals surface area contributed by atoms with Gasteiger partial charge >= 0.3 is 0 Å². The number of rotatable bonds is 3. The van der Waals surface area contributed by atoms with Crippen LogP contribution < -0.4 is 5.32 Å². The van der Waals surface area contributed by atoms with Crippen molar-refractivity contribution >= 4 is 54.0 Å². The Hall–Kier alpha value is -0.980. The van der Waals surface area contributed by atoms with Crippen molar-refractivity contribution in [3.8, 4) is 0 Å². The molecule has 1 aromatic carbocycles. The summed E-state index contributed by atoms with van der Waals surface area (Å²) in [4.78, 5) is 10.0. The standard InChI is InChI=1S/C12H10BrN3S2/c1-7-14-5-9(17-7)6-15-12-16-10-3-2-8(13)4-11(10)18-12/h2-5H,6H2,1H3,(H,15,16). The summed E-state index contributed by atoms with van der Waals surface area (Å²) < 4.78 is 2.27. The minimum atomic E-state index is 0.784. The van der Waals surface area contributed by atoms with E-state index >= 15 is 0 Å². The summed E-state index contributed by atoms with van der Waals surface area (Å²) in [7, 11) is 0.